The lowest BCUT2D eigenvalue weighted by Gasteiger charge is -2.21. The molecule has 11 rings (SSSR count). The minimum atomic E-state index is -4.67. The highest BCUT2D eigenvalue weighted by molar-refractivity contribution is 7.79. The van der Waals surface area contributed by atoms with E-state index < -0.39 is 22.1 Å². The second kappa shape index (κ2) is 37.4. The fourth-order valence-electron chi connectivity index (χ4n) is 8.90. The molecule has 0 unspecified atom stereocenters. The number of nitriles is 1. The number of hydrogen-bond acceptors (Lipinski definition) is 15. The summed E-state index contributed by atoms with van der Waals surface area (Å²) in [5.41, 5.74) is 13.2. The Labute approximate surface area is 544 Å². The van der Waals surface area contributed by atoms with Gasteiger partial charge in [0.05, 0.1) is 54.6 Å². The average Bonchev–Trinajstić information content (AvgIpc) is 4.53. The zero-order valence-electron chi connectivity index (χ0n) is 48.6. The predicted molar refractivity (Wildman–Crippen MR) is 349 cm³/mol. The van der Waals surface area contributed by atoms with E-state index in [1.165, 1.54) is 12.1 Å². The molecule has 7 aromatic rings. The van der Waals surface area contributed by atoms with Gasteiger partial charge in [0.15, 0.2) is 0 Å². The predicted octanol–water partition coefficient (Wildman–Crippen LogP) is 12.4. The number of carbonyl (C=O) groups is 1. The van der Waals surface area contributed by atoms with E-state index >= 15 is 0 Å². The summed E-state index contributed by atoms with van der Waals surface area (Å²) >= 11 is 23.5. The van der Waals surface area contributed by atoms with Gasteiger partial charge >= 0.3 is 10.4 Å². The molecule has 20 nitrogen and oxygen atoms in total. The van der Waals surface area contributed by atoms with E-state index in [9.17, 15) is 14.3 Å². The van der Waals surface area contributed by atoms with Crippen LogP contribution in [0.1, 0.15) is 58.3 Å². The summed E-state index contributed by atoms with van der Waals surface area (Å²) in [6, 6.07) is 35.6. The average molecular weight is 1340 g/mol. The topological polar surface area (TPSA) is 270 Å². The second-order valence-electron chi connectivity index (χ2n) is 20.0. The molecule has 0 radical (unpaired) electrons. The van der Waals surface area contributed by atoms with E-state index in [4.69, 9.17) is 103 Å². The molecular weight excluding hydrogens is 1270 g/mol. The number of nitrogens with zero attached hydrogens (tertiary/aromatic N) is 9. The standard InChI is InChI=1S/C17H18ClN3O2.C17H16ClN3O.C11H12N2O.C7H4FN.C6H5Cl2N.C4H9NO.ClH.H2O4S/c1-11-8-14(18)17(20-9-11)23-12-6-7-21(10-12)15-5-3-2-4-13(15)16(19)22;1-12-9-14(18)17(20-10-12)22-13-7-8-21(11-13)16-6-4-3-5-15(16)19-2;1-12-10-4-2-3-5-11(10)13-7-6-9(14)8-13;8-7-4-2-1-3-6(7)5-9;1-4-2-5(7)6(8)9-3-4;6-4-1-2-5-3-4;;1-5(2,3)4/h2-5,8-9,12H,6-7,10H2,1H3,(H2,19,22);3-6,9-10,13H,7-8,11H2,1H3;2-5,9,14H,6-8H2;1-4H;2-3H,1H3;4-6H,1-3H2;1H;(H2,1,2,3,4)/t12-;13-;9-;;;4-;;/m000..0../s1. The Bertz CT molecular complexity index is 3660. The number of halogens is 6. The number of benzene rings is 4. The van der Waals surface area contributed by atoms with Crippen molar-refractivity contribution in [3.05, 3.63) is 211 Å². The molecule has 4 saturated heterocycles. The third kappa shape index (κ3) is 25.4. The maximum Gasteiger partial charge on any atom is 0.394 e. The van der Waals surface area contributed by atoms with Crippen molar-refractivity contribution in [2.24, 2.45) is 5.73 Å². The van der Waals surface area contributed by atoms with Crippen LogP contribution in [0.3, 0.4) is 0 Å². The fourth-order valence-corrected chi connectivity index (χ4v) is 9.75. The Morgan fingerprint density at radius 1 is 0.663 bits per heavy atom. The third-order valence-electron chi connectivity index (χ3n) is 13.1. The first-order valence-electron chi connectivity index (χ1n) is 27.3. The van der Waals surface area contributed by atoms with E-state index in [1.807, 2.05) is 99.6 Å². The van der Waals surface area contributed by atoms with Gasteiger partial charge < -0.3 is 45.4 Å². The van der Waals surface area contributed by atoms with Gasteiger partial charge in [0.25, 0.3) is 5.91 Å². The van der Waals surface area contributed by atoms with E-state index in [0.29, 0.717) is 62.0 Å². The van der Waals surface area contributed by atoms with Crippen molar-refractivity contribution < 1.29 is 46.4 Å². The highest BCUT2D eigenvalue weighted by Crippen LogP contribution is 2.34. The van der Waals surface area contributed by atoms with Crippen LogP contribution in [-0.2, 0) is 10.4 Å². The number of primary amides is 1. The summed E-state index contributed by atoms with van der Waals surface area (Å²) in [6.07, 6.45) is 8.31. The number of carbonyl (C=O) groups excluding carboxylic acids is 1. The van der Waals surface area contributed by atoms with Crippen LogP contribution < -0.4 is 35.2 Å². The summed E-state index contributed by atoms with van der Waals surface area (Å²) in [4.78, 5) is 37.3. The van der Waals surface area contributed by atoms with E-state index in [2.05, 4.69) is 44.7 Å². The number of rotatable bonds is 8. The largest absolute Gasteiger partial charge is 0.471 e. The lowest BCUT2D eigenvalue weighted by Crippen LogP contribution is -2.27. The van der Waals surface area contributed by atoms with E-state index in [0.717, 1.165) is 98.7 Å². The van der Waals surface area contributed by atoms with Crippen LogP contribution in [0.15, 0.2) is 134 Å². The van der Waals surface area contributed by atoms with Gasteiger partial charge in [-0.1, -0.05) is 107 Å². The summed E-state index contributed by atoms with van der Waals surface area (Å²) in [7, 11) is -4.67. The minimum absolute atomic E-state index is 0. The van der Waals surface area contributed by atoms with Gasteiger partial charge in [0, 0.05) is 81.2 Å². The molecule has 0 aliphatic carbocycles. The SMILES string of the molecule is Cc1cnc(Cl)c(Cl)c1.Cc1cnc(O[C@H]2CCN(c3ccccc3C(N)=O)C2)c(Cl)c1.Cl.N#Cc1ccccc1F.O=S(=O)(O)O.O[C@H]1CCNC1.[C-]#[N+]c1ccccc1N1CC[C@H](O)C1.[C-]#[N+]c1ccccc1N1CC[C@H](Oc2ncc(C)cc2Cl)C1. The van der Waals surface area contributed by atoms with Crippen molar-refractivity contribution in [2.75, 3.05) is 67.1 Å². The summed E-state index contributed by atoms with van der Waals surface area (Å²) < 4.78 is 55.8. The maximum absolute atomic E-state index is 12.4. The Balaban J connectivity index is 0.000000236. The van der Waals surface area contributed by atoms with Crippen LogP contribution in [-0.4, -0.2) is 125 Å². The number of ether oxygens (including phenoxy) is 2. The summed E-state index contributed by atoms with van der Waals surface area (Å²) in [5.74, 6) is 0.0538. The maximum atomic E-state index is 12.4. The second-order valence-corrected chi connectivity index (χ2v) is 22.5. The number of nitrogens with two attached hydrogens (primary N) is 1. The quantitative estimate of drug-likeness (QED) is 0.0469. The number of aliphatic hydroxyl groups is 2. The van der Waals surface area contributed by atoms with E-state index in [-0.39, 0.29) is 42.4 Å². The van der Waals surface area contributed by atoms with Crippen molar-refractivity contribution in [3.63, 3.8) is 0 Å². The highest BCUT2D eigenvalue weighted by atomic mass is 35.5. The van der Waals surface area contributed by atoms with E-state index in [1.54, 1.807) is 48.9 Å². The highest BCUT2D eigenvalue weighted by Gasteiger charge is 2.29. The number of amides is 1. The zero-order chi connectivity index (χ0) is 64.3. The van der Waals surface area contributed by atoms with Crippen LogP contribution in [0.2, 0.25) is 20.2 Å². The molecule has 4 aromatic carbocycles. The molecule has 7 heterocycles. The number of pyridine rings is 3. The Morgan fingerprint density at radius 3 is 1.47 bits per heavy atom. The number of aromatic nitrogens is 3. The van der Waals surface area contributed by atoms with Gasteiger partial charge in [-0.3, -0.25) is 13.9 Å². The Kier molecular flexibility index (Phi) is 31.0. The van der Waals surface area contributed by atoms with Crippen LogP contribution in [0.4, 0.5) is 32.8 Å². The zero-order valence-corrected chi connectivity index (χ0v) is 53.3. The molecule has 0 bridgehead atoms. The number of aryl methyl sites for hydroxylation is 3. The first-order valence-corrected chi connectivity index (χ1v) is 30.2. The van der Waals surface area contributed by atoms with Crippen molar-refractivity contribution >= 4 is 104 Å². The van der Waals surface area contributed by atoms with Gasteiger partial charge in [-0.2, -0.15) is 13.7 Å². The molecule has 4 aliphatic rings. The Morgan fingerprint density at radius 2 is 1.09 bits per heavy atom. The molecule has 472 valence electrons. The molecule has 27 heteroatoms. The fraction of sp³-hybridized carbons (Fsp3) is 0.306. The summed E-state index contributed by atoms with van der Waals surface area (Å²) in [5, 5.41) is 31.3. The molecule has 89 heavy (non-hydrogen) atoms. The minimum Gasteiger partial charge on any atom is -0.471 e. The number of β-amino-alcohol motifs (C(OH)–C–C–N with tert-alkyl or cyclic N) is 2. The van der Waals surface area contributed by atoms with Gasteiger partial charge in [0.2, 0.25) is 23.1 Å². The first-order chi connectivity index (χ1) is 42.0. The lowest BCUT2D eigenvalue weighted by molar-refractivity contribution is 0.100. The third-order valence-corrected chi connectivity index (χ3v) is 14.3. The van der Waals surface area contributed by atoms with Gasteiger partial charge in [0.1, 0.15) is 39.3 Å². The van der Waals surface area contributed by atoms with Crippen LogP contribution in [0.5, 0.6) is 11.8 Å². The van der Waals surface area contributed by atoms with Crippen molar-refractivity contribution in [1.82, 2.24) is 20.3 Å². The van der Waals surface area contributed by atoms with Crippen molar-refractivity contribution in [2.45, 2.75) is 70.9 Å². The van der Waals surface area contributed by atoms with Crippen LogP contribution in [0.25, 0.3) is 9.69 Å². The Hall–Kier alpha value is -7.60. The molecular formula is C62H67Cl5FN11O9S. The monoisotopic (exact) mass is 1340 g/mol. The molecule has 7 N–H and O–H groups in total. The first kappa shape index (κ1) is 73.9. The molecule has 3 aromatic heterocycles. The number of anilines is 3. The van der Waals surface area contributed by atoms with Gasteiger partial charge in [-0.05, 0) is 111 Å². The summed E-state index contributed by atoms with van der Waals surface area (Å²) in [6.45, 7) is 26.4. The van der Waals surface area contributed by atoms with Gasteiger partial charge in [-0.15, -0.1) is 12.4 Å². The van der Waals surface area contributed by atoms with Crippen molar-refractivity contribution in [3.8, 4) is 17.8 Å². The number of para-hydroxylation sites is 5. The smallest absolute Gasteiger partial charge is 0.394 e. The molecule has 4 atom stereocenters. The number of aliphatic hydroxyl groups excluding tert-OH is 2. The molecule has 4 aliphatic heterocycles. The number of hydrogen-bond donors (Lipinski definition) is 6. The van der Waals surface area contributed by atoms with Gasteiger partial charge in [-0.25, -0.2) is 29.0 Å². The van der Waals surface area contributed by atoms with Crippen molar-refractivity contribution in [1.29, 1.82) is 5.26 Å². The lowest BCUT2D eigenvalue weighted by atomic mass is 10.1. The molecule has 0 saturated carbocycles. The van der Waals surface area contributed by atoms with Crippen LogP contribution in [0, 0.1) is 51.1 Å². The number of nitrogens with one attached hydrogen (secondary N) is 1. The molecule has 0 spiro atoms. The molecule has 4 fully saturated rings. The molecule has 1 amide bonds. The normalized spacial score (nSPS) is 16.8. The van der Waals surface area contributed by atoms with Crippen LogP contribution >= 0.6 is 58.8 Å².